The van der Waals surface area contributed by atoms with E-state index in [4.69, 9.17) is 16.3 Å². The summed E-state index contributed by atoms with van der Waals surface area (Å²) in [6.45, 7) is 4.30. The summed E-state index contributed by atoms with van der Waals surface area (Å²) in [5.41, 5.74) is 2.43. The maximum absolute atomic E-state index is 6.03. The highest BCUT2D eigenvalue weighted by Gasteiger charge is 2.11. The fourth-order valence-electron chi connectivity index (χ4n) is 2.24. The predicted octanol–water partition coefficient (Wildman–Crippen LogP) is 4.76. The summed E-state index contributed by atoms with van der Waals surface area (Å²) >= 11 is 6.03. The van der Waals surface area contributed by atoms with E-state index in [1.165, 1.54) is 11.1 Å². The summed E-state index contributed by atoms with van der Waals surface area (Å²) in [6.07, 6.45) is 0. The summed E-state index contributed by atoms with van der Waals surface area (Å²) in [5.74, 6) is 0.879. The molecule has 3 heteroatoms. The van der Waals surface area contributed by atoms with E-state index >= 15 is 0 Å². The van der Waals surface area contributed by atoms with Crippen molar-refractivity contribution < 1.29 is 4.74 Å². The van der Waals surface area contributed by atoms with Gasteiger partial charge in [0.05, 0.1) is 7.11 Å². The van der Waals surface area contributed by atoms with Crippen molar-refractivity contribution in [1.82, 2.24) is 5.32 Å². The first kappa shape index (κ1) is 14.9. The van der Waals surface area contributed by atoms with Crippen LogP contribution in [0.3, 0.4) is 0 Å². The summed E-state index contributed by atoms with van der Waals surface area (Å²) in [6, 6.07) is 16.6. The molecule has 0 aromatic heterocycles. The predicted molar refractivity (Wildman–Crippen MR) is 84.4 cm³/mol. The fourth-order valence-corrected chi connectivity index (χ4v) is 2.43. The molecule has 0 heterocycles. The van der Waals surface area contributed by atoms with E-state index in [2.05, 4.69) is 37.4 Å². The van der Waals surface area contributed by atoms with Crippen LogP contribution in [0, 0.1) is 0 Å². The third-order valence-electron chi connectivity index (χ3n) is 3.46. The van der Waals surface area contributed by atoms with Gasteiger partial charge in [-0.25, -0.2) is 0 Å². The Hall–Kier alpha value is -1.51. The van der Waals surface area contributed by atoms with Crippen LogP contribution in [0.15, 0.2) is 48.5 Å². The number of nitrogens with one attached hydrogen (secondary N) is 1. The first-order valence-electron chi connectivity index (χ1n) is 6.75. The van der Waals surface area contributed by atoms with E-state index < -0.39 is 0 Å². The van der Waals surface area contributed by atoms with Crippen LogP contribution >= 0.6 is 11.6 Å². The summed E-state index contributed by atoms with van der Waals surface area (Å²) in [5, 5.41) is 4.35. The SMILES string of the molecule is COc1ccc(C(C)N[C@H](C)c2cccc(Cl)c2)cc1. The molecule has 1 unspecified atom stereocenters. The molecule has 0 aliphatic rings. The Balaban J connectivity index is 2.04. The molecule has 2 aromatic carbocycles. The zero-order valence-electron chi connectivity index (χ0n) is 12.1. The minimum atomic E-state index is 0.241. The van der Waals surface area contributed by atoms with Crippen LogP contribution in [-0.4, -0.2) is 7.11 Å². The van der Waals surface area contributed by atoms with Crippen molar-refractivity contribution in [2.24, 2.45) is 0 Å². The standard InChI is InChI=1S/C17H20ClNO/c1-12(14-7-9-17(20-3)10-8-14)19-13(2)15-5-4-6-16(18)11-15/h4-13,19H,1-3H3/t12?,13-/m1/s1. The van der Waals surface area contributed by atoms with Crippen molar-refractivity contribution in [3.63, 3.8) is 0 Å². The van der Waals surface area contributed by atoms with E-state index in [9.17, 15) is 0 Å². The number of benzene rings is 2. The van der Waals surface area contributed by atoms with Crippen molar-refractivity contribution in [3.05, 3.63) is 64.7 Å². The normalized spacial score (nSPS) is 13.8. The lowest BCUT2D eigenvalue weighted by atomic mass is 10.0. The number of hydrogen-bond donors (Lipinski definition) is 1. The molecule has 2 aromatic rings. The second-order valence-electron chi connectivity index (χ2n) is 4.94. The Morgan fingerprint density at radius 2 is 1.60 bits per heavy atom. The summed E-state index contributed by atoms with van der Waals surface area (Å²) < 4.78 is 5.18. The Labute approximate surface area is 125 Å². The van der Waals surface area contributed by atoms with Crippen LogP contribution < -0.4 is 10.1 Å². The average Bonchev–Trinajstić information content (AvgIpc) is 2.47. The minimum Gasteiger partial charge on any atom is -0.497 e. The van der Waals surface area contributed by atoms with Gasteiger partial charge in [-0.05, 0) is 49.2 Å². The van der Waals surface area contributed by atoms with Crippen molar-refractivity contribution in [3.8, 4) is 5.75 Å². The van der Waals surface area contributed by atoms with Crippen LogP contribution in [0.2, 0.25) is 5.02 Å². The zero-order valence-corrected chi connectivity index (χ0v) is 12.8. The molecule has 1 N–H and O–H groups in total. The van der Waals surface area contributed by atoms with Crippen molar-refractivity contribution >= 4 is 11.6 Å². The van der Waals surface area contributed by atoms with Gasteiger partial charge in [-0.1, -0.05) is 35.9 Å². The first-order chi connectivity index (χ1) is 9.60. The highest BCUT2D eigenvalue weighted by Crippen LogP contribution is 2.22. The monoisotopic (exact) mass is 289 g/mol. The quantitative estimate of drug-likeness (QED) is 0.857. The zero-order chi connectivity index (χ0) is 14.5. The number of methoxy groups -OCH3 is 1. The average molecular weight is 290 g/mol. The molecule has 106 valence electrons. The molecule has 0 aliphatic carbocycles. The molecule has 0 fully saturated rings. The van der Waals surface area contributed by atoms with Crippen LogP contribution in [-0.2, 0) is 0 Å². The van der Waals surface area contributed by atoms with Gasteiger partial charge in [-0.2, -0.15) is 0 Å². The van der Waals surface area contributed by atoms with Gasteiger partial charge in [0.2, 0.25) is 0 Å². The third-order valence-corrected chi connectivity index (χ3v) is 3.70. The molecular weight excluding hydrogens is 270 g/mol. The van der Waals surface area contributed by atoms with E-state index in [1.807, 2.05) is 30.3 Å². The highest BCUT2D eigenvalue weighted by atomic mass is 35.5. The molecular formula is C17H20ClNO. The molecule has 20 heavy (non-hydrogen) atoms. The van der Waals surface area contributed by atoms with Gasteiger partial charge in [0, 0.05) is 17.1 Å². The molecule has 0 saturated heterocycles. The summed E-state index contributed by atoms with van der Waals surface area (Å²) in [7, 11) is 1.68. The van der Waals surface area contributed by atoms with E-state index in [-0.39, 0.29) is 12.1 Å². The Morgan fingerprint density at radius 1 is 0.950 bits per heavy atom. The van der Waals surface area contributed by atoms with E-state index in [0.29, 0.717) is 0 Å². The second kappa shape index (κ2) is 6.78. The van der Waals surface area contributed by atoms with Gasteiger partial charge in [0.15, 0.2) is 0 Å². The fraction of sp³-hybridized carbons (Fsp3) is 0.294. The topological polar surface area (TPSA) is 21.3 Å². The number of hydrogen-bond acceptors (Lipinski definition) is 2. The molecule has 0 bridgehead atoms. The maximum atomic E-state index is 6.03. The van der Waals surface area contributed by atoms with Crippen molar-refractivity contribution in [2.75, 3.05) is 7.11 Å². The molecule has 2 nitrogen and oxygen atoms in total. The second-order valence-corrected chi connectivity index (χ2v) is 5.37. The summed E-state index contributed by atoms with van der Waals surface area (Å²) in [4.78, 5) is 0. The highest BCUT2D eigenvalue weighted by molar-refractivity contribution is 6.30. The molecule has 0 aliphatic heterocycles. The Morgan fingerprint density at radius 3 is 2.20 bits per heavy atom. The molecule has 0 amide bonds. The van der Waals surface area contributed by atoms with E-state index in [1.54, 1.807) is 7.11 Å². The maximum Gasteiger partial charge on any atom is 0.118 e. The smallest absolute Gasteiger partial charge is 0.118 e. The van der Waals surface area contributed by atoms with Gasteiger partial charge in [0.1, 0.15) is 5.75 Å². The molecule has 0 spiro atoms. The van der Waals surface area contributed by atoms with E-state index in [0.717, 1.165) is 10.8 Å². The molecule has 2 atom stereocenters. The number of halogens is 1. The Bertz CT molecular complexity index is 553. The van der Waals surface area contributed by atoms with Gasteiger partial charge >= 0.3 is 0 Å². The van der Waals surface area contributed by atoms with Gasteiger partial charge in [-0.15, -0.1) is 0 Å². The van der Waals surface area contributed by atoms with Crippen LogP contribution in [0.25, 0.3) is 0 Å². The van der Waals surface area contributed by atoms with Gasteiger partial charge in [-0.3, -0.25) is 0 Å². The largest absolute Gasteiger partial charge is 0.497 e. The van der Waals surface area contributed by atoms with Gasteiger partial charge < -0.3 is 10.1 Å². The lowest BCUT2D eigenvalue weighted by molar-refractivity contribution is 0.414. The Kier molecular flexibility index (Phi) is 5.05. The number of rotatable bonds is 5. The molecule has 0 saturated carbocycles. The first-order valence-corrected chi connectivity index (χ1v) is 7.13. The van der Waals surface area contributed by atoms with Crippen molar-refractivity contribution in [1.29, 1.82) is 0 Å². The van der Waals surface area contributed by atoms with Gasteiger partial charge in [0.25, 0.3) is 0 Å². The van der Waals surface area contributed by atoms with Crippen molar-refractivity contribution in [2.45, 2.75) is 25.9 Å². The van der Waals surface area contributed by atoms with Crippen LogP contribution in [0.5, 0.6) is 5.75 Å². The molecule has 2 rings (SSSR count). The third kappa shape index (κ3) is 3.75. The van der Waals surface area contributed by atoms with Crippen LogP contribution in [0.4, 0.5) is 0 Å². The number of ether oxygens (including phenoxy) is 1. The lowest BCUT2D eigenvalue weighted by Crippen LogP contribution is -2.22. The molecule has 0 radical (unpaired) electrons. The lowest BCUT2D eigenvalue weighted by Gasteiger charge is -2.21. The minimum absolute atomic E-state index is 0.241. The van der Waals surface area contributed by atoms with Crippen LogP contribution in [0.1, 0.15) is 37.1 Å².